The van der Waals surface area contributed by atoms with Crippen LogP contribution in [-0.2, 0) is 0 Å². The van der Waals surface area contributed by atoms with Gasteiger partial charge < -0.3 is 10.6 Å². The zero-order chi connectivity index (χ0) is 14.0. The van der Waals surface area contributed by atoms with Crippen molar-refractivity contribution in [3.05, 3.63) is 35.4 Å². The molecule has 112 valence electrons. The number of nitrogens with two attached hydrogens (primary N) is 1. The molecule has 1 aliphatic heterocycles. The summed E-state index contributed by atoms with van der Waals surface area (Å²) >= 11 is 0. The molecule has 1 saturated heterocycles. The molecule has 0 spiro atoms. The van der Waals surface area contributed by atoms with E-state index in [2.05, 4.69) is 0 Å². The molecule has 1 aliphatic rings. The number of rotatable bonds is 2. The van der Waals surface area contributed by atoms with E-state index >= 15 is 0 Å². The molecule has 6 heteroatoms. The van der Waals surface area contributed by atoms with Crippen LogP contribution < -0.4 is 5.73 Å². The lowest BCUT2D eigenvalue weighted by molar-refractivity contribution is 0.0527. The van der Waals surface area contributed by atoms with Gasteiger partial charge in [-0.15, -0.1) is 12.4 Å². The Labute approximate surface area is 123 Å². The van der Waals surface area contributed by atoms with Crippen LogP contribution in [0.2, 0.25) is 0 Å². The molecule has 1 aromatic carbocycles. The van der Waals surface area contributed by atoms with Gasteiger partial charge >= 0.3 is 0 Å². The van der Waals surface area contributed by atoms with Gasteiger partial charge in [0.2, 0.25) is 0 Å². The molecule has 20 heavy (non-hydrogen) atoms. The van der Waals surface area contributed by atoms with Crippen LogP contribution in [0.4, 0.5) is 8.78 Å². The maximum atomic E-state index is 13.7. The van der Waals surface area contributed by atoms with Gasteiger partial charge in [0, 0.05) is 19.1 Å². The number of halogens is 3. The van der Waals surface area contributed by atoms with Crippen LogP contribution in [0.3, 0.4) is 0 Å². The quantitative estimate of drug-likeness (QED) is 0.913. The maximum absolute atomic E-state index is 13.7. The average Bonchev–Trinajstić information content (AvgIpc) is 2.40. The minimum atomic E-state index is -0.694. The minimum Gasteiger partial charge on any atom is -0.334 e. The Hall–Kier alpha value is -1.20. The summed E-state index contributed by atoms with van der Waals surface area (Å²) in [5, 5.41) is 0. The lowest BCUT2D eigenvalue weighted by atomic mass is 9.90. The van der Waals surface area contributed by atoms with E-state index in [-0.39, 0.29) is 29.9 Å². The predicted octanol–water partition coefficient (Wildman–Crippen LogP) is 2.59. The fourth-order valence-corrected chi connectivity index (χ4v) is 2.68. The molecule has 1 amide bonds. The van der Waals surface area contributed by atoms with Crippen molar-refractivity contribution in [3.8, 4) is 0 Å². The predicted molar refractivity (Wildman–Crippen MR) is 75.9 cm³/mol. The second kappa shape index (κ2) is 6.99. The van der Waals surface area contributed by atoms with Crippen LogP contribution >= 0.6 is 12.4 Å². The molecule has 0 aliphatic carbocycles. The number of hydrogen-bond acceptors (Lipinski definition) is 2. The van der Waals surface area contributed by atoms with E-state index < -0.39 is 17.5 Å². The first kappa shape index (κ1) is 16.9. The van der Waals surface area contributed by atoms with Crippen LogP contribution in [0.15, 0.2) is 18.2 Å². The molecule has 0 saturated carbocycles. The lowest BCUT2D eigenvalue weighted by Gasteiger charge is -2.39. The second-order valence-electron chi connectivity index (χ2n) is 5.05. The van der Waals surface area contributed by atoms with Gasteiger partial charge in [-0.2, -0.15) is 0 Å². The monoisotopic (exact) mass is 304 g/mol. The standard InChI is InChI=1S/C14H18F2N2O.ClH/c1-9-3-2-6-18(13(9)8-17)14(19)11-7-10(15)4-5-12(11)16;/h4-5,7,9,13H,2-3,6,8,17H2,1H3;1H. The summed E-state index contributed by atoms with van der Waals surface area (Å²) < 4.78 is 26.8. The summed E-state index contributed by atoms with van der Waals surface area (Å²) in [4.78, 5) is 13.9. The fourth-order valence-electron chi connectivity index (χ4n) is 2.68. The van der Waals surface area contributed by atoms with Crippen LogP contribution in [0.5, 0.6) is 0 Å². The summed E-state index contributed by atoms with van der Waals surface area (Å²) in [6.07, 6.45) is 1.86. The highest BCUT2D eigenvalue weighted by molar-refractivity contribution is 5.94. The number of nitrogens with zero attached hydrogens (tertiary/aromatic N) is 1. The molecule has 0 aromatic heterocycles. The van der Waals surface area contributed by atoms with Gasteiger partial charge in [-0.25, -0.2) is 8.78 Å². The molecule has 2 atom stereocenters. The van der Waals surface area contributed by atoms with Crippen molar-refractivity contribution in [2.75, 3.05) is 13.1 Å². The zero-order valence-electron chi connectivity index (χ0n) is 11.3. The van der Waals surface area contributed by atoms with E-state index in [0.717, 1.165) is 31.0 Å². The second-order valence-corrected chi connectivity index (χ2v) is 5.05. The van der Waals surface area contributed by atoms with E-state index in [1.54, 1.807) is 4.90 Å². The first-order valence-corrected chi connectivity index (χ1v) is 6.50. The SMILES string of the molecule is CC1CCCN(C(=O)c2cc(F)ccc2F)C1CN.Cl. The van der Waals surface area contributed by atoms with Crippen LogP contribution in [-0.4, -0.2) is 29.9 Å². The van der Waals surface area contributed by atoms with Gasteiger partial charge in [0.15, 0.2) is 0 Å². The van der Waals surface area contributed by atoms with E-state index in [1.165, 1.54) is 0 Å². The summed E-state index contributed by atoms with van der Waals surface area (Å²) in [5.74, 6) is -1.50. The van der Waals surface area contributed by atoms with Crippen molar-refractivity contribution >= 4 is 18.3 Å². The van der Waals surface area contributed by atoms with E-state index in [0.29, 0.717) is 13.1 Å². The number of piperidine rings is 1. The fraction of sp³-hybridized carbons (Fsp3) is 0.500. The third-order valence-electron chi connectivity index (χ3n) is 3.78. The zero-order valence-corrected chi connectivity index (χ0v) is 12.1. The smallest absolute Gasteiger partial charge is 0.257 e. The first-order chi connectivity index (χ1) is 9.04. The highest BCUT2D eigenvalue weighted by Gasteiger charge is 2.32. The molecule has 1 fully saturated rings. The van der Waals surface area contributed by atoms with Crippen molar-refractivity contribution in [3.63, 3.8) is 0 Å². The van der Waals surface area contributed by atoms with Crippen molar-refractivity contribution in [2.24, 2.45) is 11.7 Å². The number of hydrogen-bond donors (Lipinski definition) is 1. The molecular formula is C14H19ClF2N2O. The van der Waals surface area contributed by atoms with Gasteiger partial charge in [0.05, 0.1) is 5.56 Å². The normalized spacial score (nSPS) is 22.3. The molecule has 0 radical (unpaired) electrons. The molecule has 1 heterocycles. The Morgan fingerprint density at radius 3 is 2.80 bits per heavy atom. The molecule has 2 N–H and O–H groups in total. The topological polar surface area (TPSA) is 46.3 Å². The van der Waals surface area contributed by atoms with Crippen molar-refractivity contribution in [1.82, 2.24) is 4.90 Å². The Bertz CT molecular complexity index is 484. The third kappa shape index (κ3) is 3.27. The average molecular weight is 305 g/mol. The van der Waals surface area contributed by atoms with Crippen molar-refractivity contribution < 1.29 is 13.6 Å². The summed E-state index contributed by atoms with van der Waals surface area (Å²) in [6, 6.07) is 2.83. The number of benzene rings is 1. The Morgan fingerprint density at radius 2 is 2.15 bits per heavy atom. The molecule has 1 aromatic rings. The molecule has 2 unspecified atom stereocenters. The Kier molecular flexibility index (Phi) is 5.89. The number of likely N-dealkylation sites (tertiary alicyclic amines) is 1. The molecule has 3 nitrogen and oxygen atoms in total. The van der Waals surface area contributed by atoms with Gasteiger partial charge in [0.1, 0.15) is 11.6 Å². The summed E-state index contributed by atoms with van der Waals surface area (Å²) in [7, 11) is 0. The van der Waals surface area contributed by atoms with E-state index in [4.69, 9.17) is 5.73 Å². The van der Waals surface area contributed by atoms with Gasteiger partial charge in [-0.1, -0.05) is 6.92 Å². The lowest BCUT2D eigenvalue weighted by Crippen LogP contribution is -2.51. The van der Waals surface area contributed by atoms with Crippen LogP contribution in [0, 0.1) is 17.6 Å². The minimum absolute atomic E-state index is 0. The number of carbonyl (C=O) groups excluding carboxylic acids is 1. The number of amides is 1. The highest BCUT2D eigenvalue weighted by Crippen LogP contribution is 2.25. The van der Waals surface area contributed by atoms with Crippen LogP contribution in [0.25, 0.3) is 0 Å². The summed E-state index contributed by atoms with van der Waals surface area (Å²) in [5.41, 5.74) is 5.49. The van der Waals surface area contributed by atoms with Crippen molar-refractivity contribution in [1.29, 1.82) is 0 Å². The Morgan fingerprint density at radius 1 is 1.45 bits per heavy atom. The van der Waals surface area contributed by atoms with E-state index in [9.17, 15) is 13.6 Å². The molecule has 0 bridgehead atoms. The van der Waals surface area contributed by atoms with Crippen molar-refractivity contribution in [2.45, 2.75) is 25.8 Å². The van der Waals surface area contributed by atoms with Gasteiger partial charge in [-0.3, -0.25) is 4.79 Å². The molecular weight excluding hydrogens is 286 g/mol. The van der Waals surface area contributed by atoms with E-state index in [1.807, 2.05) is 6.92 Å². The Balaban J connectivity index is 0.00000200. The first-order valence-electron chi connectivity index (χ1n) is 6.50. The highest BCUT2D eigenvalue weighted by atomic mass is 35.5. The maximum Gasteiger partial charge on any atom is 0.257 e. The molecule has 2 rings (SSSR count). The third-order valence-corrected chi connectivity index (χ3v) is 3.78. The van der Waals surface area contributed by atoms with Gasteiger partial charge in [-0.05, 0) is 37.0 Å². The largest absolute Gasteiger partial charge is 0.334 e. The van der Waals surface area contributed by atoms with Gasteiger partial charge in [0.25, 0.3) is 5.91 Å². The number of carbonyl (C=O) groups is 1. The van der Waals surface area contributed by atoms with Crippen LogP contribution in [0.1, 0.15) is 30.1 Å². The summed E-state index contributed by atoms with van der Waals surface area (Å²) in [6.45, 7) is 2.91.